The van der Waals surface area contributed by atoms with E-state index in [0.29, 0.717) is 0 Å². The molecule has 22 heavy (non-hydrogen) atoms. The predicted octanol–water partition coefficient (Wildman–Crippen LogP) is 3.82. The number of rotatable bonds is 2. The summed E-state index contributed by atoms with van der Waals surface area (Å²) in [6.07, 6.45) is 12.2. The summed E-state index contributed by atoms with van der Waals surface area (Å²) in [6, 6.07) is 2.01. The van der Waals surface area contributed by atoms with Crippen LogP contribution >= 0.6 is 24.8 Å². The Labute approximate surface area is 148 Å². The monoisotopic (exact) mass is 346 g/mol. The fraction of sp³-hybridized carbons (Fsp3) is 1.00. The van der Waals surface area contributed by atoms with Crippen molar-refractivity contribution in [2.45, 2.75) is 63.5 Å². The van der Waals surface area contributed by atoms with Crippen LogP contribution in [-0.2, 0) is 0 Å². The second-order valence-corrected chi connectivity index (χ2v) is 8.45. The van der Waals surface area contributed by atoms with Gasteiger partial charge in [-0.15, -0.1) is 24.8 Å². The molecule has 6 fully saturated rings. The Morgan fingerprint density at radius 3 is 1.00 bits per heavy atom. The number of likely N-dealkylation sites (tertiary alicyclic amines) is 2. The van der Waals surface area contributed by atoms with Gasteiger partial charge in [0.1, 0.15) is 0 Å². The summed E-state index contributed by atoms with van der Waals surface area (Å²) >= 11 is 0. The highest BCUT2D eigenvalue weighted by atomic mass is 35.5. The van der Waals surface area contributed by atoms with Gasteiger partial charge in [0.25, 0.3) is 0 Å². The number of halogens is 2. The molecule has 0 aromatic rings. The smallest absolute Gasteiger partial charge is 0.0152 e. The zero-order valence-electron chi connectivity index (χ0n) is 13.7. The lowest BCUT2D eigenvalue weighted by Crippen LogP contribution is -2.62. The molecule has 4 heteroatoms. The normalized spacial score (nSPS) is 47.5. The number of hydrogen-bond acceptors (Lipinski definition) is 2. The molecule has 2 aliphatic heterocycles. The molecule has 6 rings (SSSR count). The molecule has 2 saturated heterocycles. The van der Waals surface area contributed by atoms with E-state index in [0.717, 1.165) is 35.8 Å². The maximum atomic E-state index is 2.90. The van der Waals surface area contributed by atoms with Crippen LogP contribution in [-0.4, -0.2) is 48.1 Å². The van der Waals surface area contributed by atoms with Crippen LogP contribution in [0.25, 0.3) is 0 Å². The molecule has 0 aromatic heterocycles. The quantitative estimate of drug-likeness (QED) is 0.749. The SMILES string of the molecule is C1CCN(C2C3CC4CC2CC(C3)C4N2CCCC2)C1.Cl.Cl. The molecule has 0 aromatic carbocycles. The highest BCUT2D eigenvalue weighted by molar-refractivity contribution is 5.85. The first-order valence-corrected chi connectivity index (χ1v) is 9.38. The van der Waals surface area contributed by atoms with Crippen LogP contribution in [0.1, 0.15) is 51.4 Å². The van der Waals surface area contributed by atoms with E-state index >= 15 is 0 Å². The van der Waals surface area contributed by atoms with Gasteiger partial charge in [0.2, 0.25) is 0 Å². The Bertz CT molecular complexity index is 315. The summed E-state index contributed by atoms with van der Waals surface area (Å²) in [4.78, 5) is 5.80. The molecule has 0 spiro atoms. The minimum absolute atomic E-state index is 0. The van der Waals surface area contributed by atoms with Crippen LogP contribution in [0, 0.1) is 23.7 Å². The standard InChI is InChI=1S/C18H30N2.2ClH/c1-2-6-19(5-1)17-13-9-15-11-14(17)12-16(10-13)18(15)20-7-3-4-8-20;;/h13-18H,1-12H2;2*1H. The Hall–Kier alpha value is 0.500. The third-order valence-electron chi connectivity index (χ3n) is 7.48. The van der Waals surface area contributed by atoms with Crippen LogP contribution in [0.5, 0.6) is 0 Å². The highest BCUT2D eigenvalue weighted by Crippen LogP contribution is 2.57. The van der Waals surface area contributed by atoms with Crippen molar-refractivity contribution in [3.05, 3.63) is 0 Å². The largest absolute Gasteiger partial charge is 0.300 e. The molecule has 0 unspecified atom stereocenters. The first kappa shape index (κ1) is 17.3. The minimum atomic E-state index is 0. The molecule has 0 amide bonds. The summed E-state index contributed by atoms with van der Waals surface area (Å²) < 4.78 is 0. The summed E-state index contributed by atoms with van der Waals surface area (Å²) in [5, 5.41) is 0. The maximum absolute atomic E-state index is 2.90. The summed E-state index contributed by atoms with van der Waals surface area (Å²) in [7, 11) is 0. The van der Waals surface area contributed by atoms with Crippen LogP contribution < -0.4 is 0 Å². The van der Waals surface area contributed by atoms with Crippen molar-refractivity contribution in [2.24, 2.45) is 23.7 Å². The van der Waals surface area contributed by atoms with Gasteiger partial charge in [-0.1, -0.05) is 0 Å². The lowest BCUT2D eigenvalue weighted by molar-refractivity contribution is -0.106. The molecule has 128 valence electrons. The van der Waals surface area contributed by atoms with Crippen LogP contribution in [0.4, 0.5) is 0 Å². The number of hydrogen-bond donors (Lipinski definition) is 0. The first-order valence-electron chi connectivity index (χ1n) is 9.38. The molecule has 4 aliphatic carbocycles. The number of nitrogens with zero attached hydrogens (tertiary/aromatic N) is 2. The van der Waals surface area contributed by atoms with Gasteiger partial charge < -0.3 is 0 Å². The molecule has 4 saturated carbocycles. The van der Waals surface area contributed by atoms with Crippen molar-refractivity contribution in [3.63, 3.8) is 0 Å². The molecule has 2 heterocycles. The molecule has 2 nitrogen and oxygen atoms in total. The first-order chi connectivity index (χ1) is 9.90. The zero-order valence-corrected chi connectivity index (χ0v) is 15.3. The summed E-state index contributed by atoms with van der Waals surface area (Å²) in [6.45, 7) is 5.68. The van der Waals surface area contributed by atoms with Crippen molar-refractivity contribution in [2.75, 3.05) is 26.2 Å². The Morgan fingerprint density at radius 2 is 0.727 bits per heavy atom. The van der Waals surface area contributed by atoms with E-state index in [2.05, 4.69) is 9.80 Å². The third kappa shape index (κ3) is 2.62. The second kappa shape index (κ2) is 6.78. The lowest BCUT2D eigenvalue weighted by Gasteiger charge is -2.61. The van der Waals surface area contributed by atoms with Crippen LogP contribution in [0.2, 0.25) is 0 Å². The van der Waals surface area contributed by atoms with Crippen molar-refractivity contribution >= 4 is 24.8 Å². The molecule has 6 aliphatic rings. The van der Waals surface area contributed by atoms with E-state index in [1.807, 2.05) is 0 Å². The molecular weight excluding hydrogens is 315 g/mol. The van der Waals surface area contributed by atoms with Gasteiger partial charge in [-0.2, -0.15) is 0 Å². The topological polar surface area (TPSA) is 6.48 Å². The second-order valence-electron chi connectivity index (χ2n) is 8.45. The molecule has 0 N–H and O–H groups in total. The average Bonchev–Trinajstić information content (AvgIpc) is 3.10. The van der Waals surface area contributed by atoms with E-state index in [4.69, 9.17) is 0 Å². The van der Waals surface area contributed by atoms with Gasteiger partial charge >= 0.3 is 0 Å². The predicted molar refractivity (Wildman–Crippen MR) is 96.1 cm³/mol. The van der Waals surface area contributed by atoms with Gasteiger partial charge in [0.05, 0.1) is 0 Å². The Balaban J connectivity index is 0.000000720. The van der Waals surface area contributed by atoms with Crippen LogP contribution in [0.15, 0.2) is 0 Å². The fourth-order valence-electron chi connectivity index (χ4n) is 7.10. The molecule has 0 radical (unpaired) electrons. The lowest BCUT2D eigenvalue weighted by atomic mass is 9.51. The van der Waals surface area contributed by atoms with Crippen molar-refractivity contribution < 1.29 is 0 Å². The van der Waals surface area contributed by atoms with Gasteiger partial charge in [-0.25, -0.2) is 0 Å². The van der Waals surface area contributed by atoms with Gasteiger partial charge in [0, 0.05) is 12.1 Å². The highest BCUT2D eigenvalue weighted by Gasteiger charge is 2.55. The Kier molecular flexibility index (Phi) is 5.34. The fourth-order valence-corrected chi connectivity index (χ4v) is 7.10. The van der Waals surface area contributed by atoms with Crippen molar-refractivity contribution in [3.8, 4) is 0 Å². The zero-order chi connectivity index (χ0) is 13.1. The van der Waals surface area contributed by atoms with E-state index in [1.165, 1.54) is 51.9 Å². The molecule has 4 bridgehead atoms. The van der Waals surface area contributed by atoms with Gasteiger partial charge in [-0.3, -0.25) is 9.80 Å². The average molecular weight is 347 g/mol. The third-order valence-corrected chi connectivity index (χ3v) is 7.48. The van der Waals surface area contributed by atoms with E-state index in [-0.39, 0.29) is 24.8 Å². The van der Waals surface area contributed by atoms with E-state index < -0.39 is 0 Å². The maximum Gasteiger partial charge on any atom is 0.0152 e. The van der Waals surface area contributed by atoms with Crippen molar-refractivity contribution in [1.29, 1.82) is 0 Å². The molecular formula is C18H32Cl2N2. The van der Waals surface area contributed by atoms with Crippen molar-refractivity contribution in [1.82, 2.24) is 9.80 Å². The van der Waals surface area contributed by atoms with E-state index in [1.54, 1.807) is 25.7 Å². The summed E-state index contributed by atoms with van der Waals surface area (Å²) in [5.41, 5.74) is 0. The summed E-state index contributed by atoms with van der Waals surface area (Å²) in [5.74, 6) is 4.31. The van der Waals surface area contributed by atoms with Gasteiger partial charge in [0.15, 0.2) is 0 Å². The van der Waals surface area contributed by atoms with Crippen LogP contribution in [0.3, 0.4) is 0 Å². The minimum Gasteiger partial charge on any atom is -0.300 e. The van der Waals surface area contributed by atoms with Gasteiger partial charge in [-0.05, 0) is 101 Å². The molecule has 0 atom stereocenters. The Morgan fingerprint density at radius 1 is 0.455 bits per heavy atom. The van der Waals surface area contributed by atoms with E-state index in [9.17, 15) is 0 Å².